The molecule has 1 N–H and O–H groups in total. The second kappa shape index (κ2) is 12.0. The minimum absolute atomic E-state index is 0.0102. The summed E-state index contributed by atoms with van der Waals surface area (Å²) in [5.74, 6) is 2.35. The molecule has 7 heterocycles. The van der Waals surface area contributed by atoms with Crippen molar-refractivity contribution in [3.63, 3.8) is 0 Å². The van der Waals surface area contributed by atoms with Crippen LogP contribution >= 0.6 is 11.3 Å². The topological polar surface area (TPSA) is 116 Å². The Morgan fingerprint density at radius 3 is 2.73 bits per heavy atom. The molecule has 3 atom stereocenters. The number of pyridine rings is 2. The van der Waals surface area contributed by atoms with Crippen molar-refractivity contribution in [1.82, 2.24) is 25.1 Å². The van der Waals surface area contributed by atoms with Gasteiger partial charge >= 0.3 is 0 Å². The Hall–Kier alpha value is -4.19. The van der Waals surface area contributed by atoms with E-state index in [-0.39, 0.29) is 24.1 Å². The second-order valence-corrected chi connectivity index (χ2v) is 14.5. The minimum Gasteiger partial charge on any atom is -0.421 e. The second-order valence-electron chi connectivity index (χ2n) is 13.4. The van der Waals surface area contributed by atoms with Gasteiger partial charge < -0.3 is 24.1 Å². The van der Waals surface area contributed by atoms with Gasteiger partial charge in [-0.3, -0.25) is 9.78 Å². The molecule has 1 aliphatic carbocycles. The van der Waals surface area contributed by atoms with E-state index in [0.717, 1.165) is 108 Å². The Morgan fingerprint density at radius 1 is 1.06 bits per heavy atom. The fourth-order valence-electron chi connectivity index (χ4n) is 8.29. The number of benzene rings is 1. The third-order valence-corrected chi connectivity index (χ3v) is 11.8. The number of nitrogens with zero attached hydrogens (tertiary/aromatic N) is 5. The van der Waals surface area contributed by atoms with Gasteiger partial charge in [-0.2, -0.15) is 0 Å². The van der Waals surface area contributed by atoms with Crippen LogP contribution in [0.2, 0.25) is 0 Å². The quantitative estimate of drug-likeness (QED) is 0.179. The summed E-state index contributed by atoms with van der Waals surface area (Å²) < 4.78 is 18.7. The van der Waals surface area contributed by atoms with Crippen LogP contribution < -0.4 is 5.32 Å². The standard InChI is InChI=1S/C37H38N6O4S/c1-20-41-42-36(47-20)30-25(10-9-21-12-16-46-17-13-21)39-33-27-8-5-15-43(27)37(44)32(33)31(30)29-18-22-11-14-38-35(34(22)48-29)40-26-19-28(45-2)24-7-4-3-6-23(24)26/h3-4,6-7,11,14,18,21,26-28H,5,8-10,12-13,15-17,19H2,1-2H3,(H,38,40). The predicted octanol–water partition coefficient (Wildman–Crippen LogP) is 7.61. The zero-order valence-electron chi connectivity index (χ0n) is 27.2. The third kappa shape index (κ3) is 4.93. The predicted molar refractivity (Wildman–Crippen MR) is 183 cm³/mol. The van der Waals surface area contributed by atoms with Gasteiger partial charge in [-0.05, 0) is 73.1 Å². The average Bonchev–Trinajstić information content (AvgIpc) is 3.95. The highest BCUT2D eigenvalue weighted by atomic mass is 32.1. The van der Waals surface area contributed by atoms with Crippen LogP contribution in [0.3, 0.4) is 0 Å². The first-order chi connectivity index (χ1) is 23.6. The Bertz CT molecular complexity index is 2030. The fraction of sp³-hybridized carbons (Fsp3) is 0.432. The van der Waals surface area contributed by atoms with Crippen LogP contribution in [0.1, 0.15) is 95.5 Å². The Kier molecular flexibility index (Phi) is 7.51. The fourth-order valence-corrected chi connectivity index (χ4v) is 9.45. The smallest absolute Gasteiger partial charge is 0.257 e. The van der Waals surface area contributed by atoms with E-state index in [1.165, 1.54) is 11.1 Å². The van der Waals surface area contributed by atoms with E-state index in [1.54, 1.807) is 25.4 Å². The molecule has 9 rings (SSSR count). The van der Waals surface area contributed by atoms with Crippen molar-refractivity contribution in [2.75, 3.05) is 32.2 Å². The van der Waals surface area contributed by atoms with Crippen molar-refractivity contribution in [3.8, 4) is 21.9 Å². The molecule has 3 unspecified atom stereocenters. The van der Waals surface area contributed by atoms with Crippen molar-refractivity contribution < 1.29 is 18.7 Å². The summed E-state index contributed by atoms with van der Waals surface area (Å²) in [6.07, 6.45) is 8.51. The highest BCUT2D eigenvalue weighted by Gasteiger charge is 2.45. The lowest BCUT2D eigenvalue weighted by Crippen LogP contribution is -2.22. The minimum atomic E-state index is 0.0102. The first-order valence-corrected chi connectivity index (χ1v) is 17.9. The summed E-state index contributed by atoms with van der Waals surface area (Å²) in [6.45, 7) is 4.17. The van der Waals surface area contributed by atoms with E-state index >= 15 is 0 Å². The van der Waals surface area contributed by atoms with Crippen molar-refractivity contribution in [2.45, 2.75) is 70.1 Å². The van der Waals surface area contributed by atoms with Gasteiger partial charge in [-0.25, -0.2) is 4.98 Å². The number of nitrogens with one attached hydrogen (secondary N) is 1. The van der Waals surface area contributed by atoms with Crippen LogP contribution in [0.25, 0.3) is 32.0 Å². The molecule has 0 saturated carbocycles. The number of ether oxygens (including phenoxy) is 2. The van der Waals surface area contributed by atoms with Crippen molar-refractivity contribution in [3.05, 3.63) is 76.6 Å². The normalized spacial score (nSPS) is 22.0. The maximum absolute atomic E-state index is 14.2. The summed E-state index contributed by atoms with van der Waals surface area (Å²) in [5.41, 5.74) is 6.62. The molecule has 2 saturated heterocycles. The number of carbonyl (C=O) groups is 1. The SMILES string of the molecule is COC1CC(Nc2nccc3cc(-c4c5c(nc(CCC6CCOCC6)c4-c4nnc(C)o4)C4CCCN4C5=O)sc23)c2ccccc21. The number of hydrogen-bond donors (Lipinski definition) is 1. The summed E-state index contributed by atoms with van der Waals surface area (Å²) >= 11 is 1.65. The molecule has 0 spiro atoms. The van der Waals surface area contributed by atoms with Gasteiger partial charge in [0.2, 0.25) is 11.8 Å². The van der Waals surface area contributed by atoms with Crippen LogP contribution in [0.4, 0.5) is 5.82 Å². The van der Waals surface area contributed by atoms with E-state index < -0.39 is 0 Å². The number of thiophene rings is 1. The molecule has 4 aromatic heterocycles. The number of fused-ring (bicyclic) bond motifs is 5. The maximum Gasteiger partial charge on any atom is 0.257 e. The summed E-state index contributed by atoms with van der Waals surface area (Å²) in [6, 6.07) is 12.8. The number of rotatable bonds is 8. The lowest BCUT2D eigenvalue weighted by molar-refractivity contribution is 0.0639. The van der Waals surface area contributed by atoms with Crippen molar-refractivity contribution in [2.24, 2.45) is 5.92 Å². The Labute approximate surface area is 282 Å². The van der Waals surface area contributed by atoms with Crippen molar-refractivity contribution >= 4 is 33.1 Å². The molecule has 11 heteroatoms. The van der Waals surface area contributed by atoms with Crippen LogP contribution in [0.15, 0.2) is 47.0 Å². The van der Waals surface area contributed by atoms with Crippen molar-refractivity contribution in [1.29, 1.82) is 0 Å². The van der Waals surface area contributed by atoms with E-state index in [4.69, 9.17) is 23.9 Å². The van der Waals surface area contributed by atoms with Gasteiger partial charge in [-0.15, -0.1) is 21.5 Å². The zero-order valence-corrected chi connectivity index (χ0v) is 28.0. The number of carbonyl (C=O) groups excluding carboxylic acids is 1. The molecular weight excluding hydrogens is 625 g/mol. The average molecular weight is 663 g/mol. The maximum atomic E-state index is 14.2. The van der Waals surface area contributed by atoms with Gasteiger partial charge in [0.25, 0.3) is 5.91 Å². The molecule has 0 radical (unpaired) electrons. The first kappa shape index (κ1) is 29.9. The monoisotopic (exact) mass is 662 g/mol. The first-order valence-electron chi connectivity index (χ1n) is 17.1. The number of aryl methyl sites for hydroxylation is 2. The van der Waals surface area contributed by atoms with E-state index in [0.29, 0.717) is 23.3 Å². The number of methoxy groups -OCH3 is 1. The molecule has 4 aliphatic rings. The third-order valence-electron chi connectivity index (χ3n) is 10.7. The number of aromatic nitrogens is 4. The van der Waals surface area contributed by atoms with Gasteiger partial charge in [0, 0.05) is 56.9 Å². The molecule has 246 valence electrons. The lowest BCUT2D eigenvalue weighted by atomic mass is 9.90. The van der Waals surface area contributed by atoms with Gasteiger partial charge in [0.1, 0.15) is 5.82 Å². The summed E-state index contributed by atoms with van der Waals surface area (Å²) in [7, 11) is 1.77. The molecule has 1 aromatic carbocycles. The van der Waals surface area contributed by atoms with Crippen LogP contribution in [0.5, 0.6) is 0 Å². The van der Waals surface area contributed by atoms with Crippen LogP contribution in [-0.4, -0.2) is 57.8 Å². The largest absolute Gasteiger partial charge is 0.421 e. The lowest BCUT2D eigenvalue weighted by Gasteiger charge is -2.22. The van der Waals surface area contributed by atoms with Gasteiger partial charge in [-0.1, -0.05) is 24.3 Å². The zero-order chi connectivity index (χ0) is 32.4. The van der Waals surface area contributed by atoms with E-state index in [9.17, 15) is 4.79 Å². The molecule has 2 fully saturated rings. The number of anilines is 1. The van der Waals surface area contributed by atoms with Gasteiger partial charge in [0.05, 0.1) is 45.4 Å². The highest BCUT2D eigenvalue weighted by molar-refractivity contribution is 7.23. The molecule has 3 aliphatic heterocycles. The summed E-state index contributed by atoms with van der Waals surface area (Å²) in [5, 5.41) is 13.6. The van der Waals surface area contributed by atoms with Crippen LogP contribution in [0, 0.1) is 12.8 Å². The highest BCUT2D eigenvalue weighted by Crippen LogP contribution is 2.51. The molecular formula is C37H38N6O4S. The molecule has 10 nitrogen and oxygen atoms in total. The Morgan fingerprint density at radius 2 is 1.92 bits per heavy atom. The molecule has 5 aromatic rings. The van der Waals surface area contributed by atoms with Crippen LogP contribution in [-0.2, 0) is 15.9 Å². The number of amides is 1. The molecule has 48 heavy (non-hydrogen) atoms. The Balaban J connectivity index is 1.19. The van der Waals surface area contributed by atoms with Gasteiger partial charge in [0.15, 0.2) is 0 Å². The molecule has 0 bridgehead atoms. The molecule has 1 amide bonds. The van der Waals surface area contributed by atoms with E-state index in [1.807, 2.05) is 17.2 Å². The number of hydrogen-bond acceptors (Lipinski definition) is 10. The summed E-state index contributed by atoms with van der Waals surface area (Å²) in [4.78, 5) is 27.4. The van der Waals surface area contributed by atoms with E-state index in [2.05, 4.69) is 45.8 Å².